The molecule has 22 heavy (non-hydrogen) atoms. The summed E-state index contributed by atoms with van der Waals surface area (Å²) in [5, 5.41) is 2.70. The minimum absolute atomic E-state index is 0.0826. The van der Waals surface area contributed by atoms with Crippen LogP contribution in [0.15, 0.2) is 23.0 Å². The van der Waals surface area contributed by atoms with E-state index >= 15 is 0 Å². The first-order valence-corrected chi connectivity index (χ1v) is 6.73. The van der Waals surface area contributed by atoms with E-state index in [2.05, 4.69) is 15.3 Å². The van der Waals surface area contributed by atoms with E-state index in [4.69, 9.17) is 21.7 Å². The number of rotatable bonds is 4. The van der Waals surface area contributed by atoms with Crippen LogP contribution in [0.1, 0.15) is 16.1 Å². The van der Waals surface area contributed by atoms with E-state index in [9.17, 15) is 9.59 Å². The van der Waals surface area contributed by atoms with Gasteiger partial charge in [-0.05, 0) is 19.1 Å². The van der Waals surface area contributed by atoms with Gasteiger partial charge in [0.25, 0.3) is 5.91 Å². The number of amides is 1. The fraction of sp³-hybridized carbons (Fsp3) is 0.214. The van der Waals surface area contributed by atoms with E-state index in [-0.39, 0.29) is 10.2 Å². The molecule has 2 rings (SSSR count). The summed E-state index contributed by atoms with van der Waals surface area (Å²) in [6, 6.07) is 4.98. The molecule has 8 heteroatoms. The van der Waals surface area contributed by atoms with Gasteiger partial charge >= 0.3 is 5.69 Å². The number of aromatic amines is 2. The molecule has 0 spiro atoms. The molecule has 2 aromatic rings. The zero-order valence-corrected chi connectivity index (χ0v) is 13.1. The Balaban J connectivity index is 2.34. The monoisotopic (exact) mass is 321 g/mol. The summed E-state index contributed by atoms with van der Waals surface area (Å²) in [7, 11) is 3.03. The fourth-order valence-corrected chi connectivity index (χ4v) is 2.32. The molecule has 1 aromatic heterocycles. The summed E-state index contributed by atoms with van der Waals surface area (Å²) in [5.74, 6) is 0.615. The number of H-pyrrole nitrogens is 2. The van der Waals surface area contributed by atoms with Crippen molar-refractivity contribution in [2.75, 3.05) is 19.5 Å². The van der Waals surface area contributed by atoms with Gasteiger partial charge in [-0.25, -0.2) is 4.79 Å². The Bertz CT molecular complexity index is 826. The van der Waals surface area contributed by atoms with E-state index in [1.807, 2.05) is 0 Å². The van der Waals surface area contributed by atoms with Gasteiger partial charge in [-0.2, -0.15) is 0 Å². The smallest absolute Gasteiger partial charge is 0.324 e. The van der Waals surface area contributed by atoms with Crippen LogP contribution in [0, 0.1) is 11.6 Å². The number of aromatic nitrogens is 2. The van der Waals surface area contributed by atoms with Gasteiger partial charge in [0.15, 0.2) is 11.5 Å². The lowest BCUT2D eigenvalue weighted by molar-refractivity contribution is 0.102. The highest BCUT2D eigenvalue weighted by Crippen LogP contribution is 2.29. The maximum absolute atomic E-state index is 12.3. The maximum atomic E-state index is 12.3. The molecule has 7 nitrogen and oxygen atoms in total. The molecule has 1 amide bonds. The number of benzene rings is 1. The molecule has 116 valence electrons. The van der Waals surface area contributed by atoms with Gasteiger partial charge in [-0.15, -0.1) is 0 Å². The number of carbonyl (C=O) groups is 1. The predicted molar refractivity (Wildman–Crippen MR) is 84.5 cm³/mol. The fourth-order valence-electron chi connectivity index (χ4n) is 1.98. The molecule has 1 aromatic carbocycles. The lowest BCUT2D eigenvalue weighted by Gasteiger charge is -2.11. The topological polar surface area (TPSA) is 96.2 Å². The molecule has 1 heterocycles. The van der Waals surface area contributed by atoms with Crippen LogP contribution in [0.4, 0.5) is 5.69 Å². The summed E-state index contributed by atoms with van der Waals surface area (Å²) in [6.07, 6.45) is 0. The normalized spacial score (nSPS) is 10.1. The minimum Gasteiger partial charge on any atom is -0.493 e. The third-order valence-electron chi connectivity index (χ3n) is 3.00. The summed E-state index contributed by atoms with van der Waals surface area (Å²) < 4.78 is 10.4. The number of hydrogen-bond acceptors (Lipinski definition) is 5. The predicted octanol–water partition coefficient (Wildman–Crippen LogP) is 2.01. The SMILES string of the molecule is COc1ccc(NC(=O)c2c(C)[nH]c(=O)[nH]c2=S)cc1OC. The van der Waals surface area contributed by atoms with E-state index in [0.29, 0.717) is 22.9 Å². The molecule has 3 N–H and O–H groups in total. The molecule has 0 bridgehead atoms. The van der Waals surface area contributed by atoms with Crippen LogP contribution >= 0.6 is 12.2 Å². The van der Waals surface area contributed by atoms with Gasteiger partial charge in [-0.3, -0.25) is 9.78 Å². The van der Waals surface area contributed by atoms with Crippen LogP contribution in [-0.2, 0) is 0 Å². The third-order valence-corrected chi connectivity index (χ3v) is 3.30. The number of methoxy groups -OCH3 is 2. The van der Waals surface area contributed by atoms with Crippen molar-refractivity contribution < 1.29 is 14.3 Å². The van der Waals surface area contributed by atoms with Gasteiger partial charge in [-0.1, -0.05) is 12.2 Å². The van der Waals surface area contributed by atoms with Crippen LogP contribution in [-0.4, -0.2) is 30.1 Å². The number of aryl methyl sites for hydroxylation is 1. The second kappa shape index (κ2) is 6.44. The average Bonchev–Trinajstić information content (AvgIpc) is 2.45. The van der Waals surface area contributed by atoms with E-state index in [0.717, 1.165) is 0 Å². The van der Waals surface area contributed by atoms with Crippen molar-refractivity contribution >= 4 is 23.8 Å². The first-order chi connectivity index (χ1) is 10.5. The second-order valence-corrected chi connectivity index (χ2v) is 4.84. The number of carbonyl (C=O) groups excluding carboxylic acids is 1. The van der Waals surface area contributed by atoms with E-state index in [1.54, 1.807) is 25.1 Å². The molecule has 0 radical (unpaired) electrons. The average molecular weight is 321 g/mol. The second-order valence-electron chi connectivity index (χ2n) is 4.43. The lowest BCUT2D eigenvalue weighted by atomic mass is 10.2. The first kappa shape index (κ1) is 15.8. The molecule has 0 saturated carbocycles. The Hall–Kier alpha value is -2.61. The standard InChI is InChI=1S/C14H15N3O4S/c1-7-11(13(22)17-14(19)15-7)12(18)16-8-4-5-9(20-2)10(6-8)21-3/h4-6H,1-3H3,(H,16,18)(H2,15,17,19,22). The highest BCUT2D eigenvalue weighted by atomic mass is 32.1. The summed E-state index contributed by atoms with van der Waals surface area (Å²) >= 11 is 5.03. The summed E-state index contributed by atoms with van der Waals surface area (Å²) in [4.78, 5) is 28.5. The molecule has 0 aliphatic carbocycles. The van der Waals surface area contributed by atoms with Gasteiger partial charge in [0.05, 0.1) is 19.8 Å². The Kier molecular flexibility index (Phi) is 4.62. The molecular formula is C14H15N3O4S. The lowest BCUT2D eigenvalue weighted by Crippen LogP contribution is -2.21. The highest BCUT2D eigenvalue weighted by Gasteiger charge is 2.14. The summed E-state index contributed by atoms with van der Waals surface area (Å²) in [6.45, 7) is 1.61. The number of hydrogen-bond donors (Lipinski definition) is 3. The first-order valence-electron chi connectivity index (χ1n) is 6.33. The Labute approximate surface area is 131 Å². The Morgan fingerprint density at radius 3 is 2.45 bits per heavy atom. The van der Waals surface area contributed by atoms with Crippen molar-refractivity contribution in [3.8, 4) is 11.5 Å². The number of nitrogens with one attached hydrogen (secondary N) is 3. The van der Waals surface area contributed by atoms with Crippen LogP contribution in [0.3, 0.4) is 0 Å². The number of anilines is 1. The van der Waals surface area contributed by atoms with Gasteiger partial charge in [0.2, 0.25) is 0 Å². The van der Waals surface area contributed by atoms with Gasteiger partial charge in [0, 0.05) is 17.4 Å². The van der Waals surface area contributed by atoms with Crippen molar-refractivity contribution in [2.45, 2.75) is 6.92 Å². The Morgan fingerprint density at radius 2 is 1.86 bits per heavy atom. The maximum Gasteiger partial charge on any atom is 0.324 e. The van der Waals surface area contributed by atoms with Crippen LogP contribution in [0.25, 0.3) is 0 Å². The quantitative estimate of drug-likeness (QED) is 0.749. The van der Waals surface area contributed by atoms with Crippen LogP contribution in [0.2, 0.25) is 0 Å². The van der Waals surface area contributed by atoms with Gasteiger partial charge in [0.1, 0.15) is 4.64 Å². The Morgan fingerprint density at radius 1 is 1.18 bits per heavy atom. The van der Waals surface area contributed by atoms with Crippen molar-refractivity contribution in [3.63, 3.8) is 0 Å². The van der Waals surface area contributed by atoms with E-state index < -0.39 is 11.6 Å². The number of ether oxygens (including phenoxy) is 2. The van der Waals surface area contributed by atoms with Crippen LogP contribution in [0.5, 0.6) is 11.5 Å². The zero-order chi connectivity index (χ0) is 16.3. The molecule has 0 aliphatic heterocycles. The molecular weight excluding hydrogens is 306 g/mol. The van der Waals surface area contributed by atoms with Crippen molar-refractivity contribution in [2.24, 2.45) is 0 Å². The van der Waals surface area contributed by atoms with E-state index in [1.165, 1.54) is 14.2 Å². The van der Waals surface area contributed by atoms with Gasteiger partial charge < -0.3 is 19.8 Å². The van der Waals surface area contributed by atoms with Crippen LogP contribution < -0.4 is 20.5 Å². The molecule has 0 atom stereocenters. The van der Waals surface area contributed by atoms with Crippen molar-refractivity contribution in [1.29, 1.82) is 0 Å². The summed E-state index contributed by atoms with van der Waals surface area (Å²) in [5.41, 5.74) is 0.670. The van der Waals surface area contributed by atoms with Crippen molar-refractivity contribution in [1.82, 2.24) is 9.97 Å². The largest absolute Gasteiger partial charge is 0.493 e. The minimum atomic E-state index is -0.454. The highest BCUT2D eigenvalue weighted by molar-refractivity contribution is 7.71. The molecule has 0 aliphatic rings. The van der Waals surface area contributed by atoms with Crippen molar-refractivity contribution in [3.05, 3.63) is 44.6 Å². The third kappa shape index (κ3) is 3.17. The molecule has 0 saturated heterocycles. The zero-order valence-electron chi connectivity index (χ0n) is 12.3. The molecule has 0 unspecified atom stereocenters. The molecule has 0 fully saturated rings.